The van der Waals surface area contributed by atoms with Gasteiger partial charge >= 0.3 is 0 Å². The minimum atomic E-state index is 0.00944. The fourth-order valence-electron chi connectivity index (χ4n) is 1.21. The summed E-state index contributed by atoms with van der Waals surface area (Å²) in [6.07, 6.45) is 4.40. The zero-order chi connectivity index (χ0) is 10.9. The Hall–Kier alpha value is -1.36. The lowest BCUT2D eigenvalue weighted by Crippen LogP contribution is -2.30. The number of hydrogen-bond donors (Lipinski definition) is 2. The van der Waals surface area contributed by atoms with E-state index < -0.39 is 0 Å². The van der Waals surface area contributed by atoms with Crippen molar-refractivity contribution in [2.24, 2.45) is 0 Å². The normalized spacial score (nSPS) is 10.2. The molecule has 0 bridgehead atoms. The van der Waals surface area contributed by atoms with E-state index in [0.29, 0.717) is 13.1 Å². The van der Waals surface area contributed by atoms with Gasteiger partial charge in [0.1, 0.15) is 6.54 Å². The molecule has 0 saturated carbocycles. The maximum Gasteiger partial charge on any atom is 0.241 e. The quantitative estimate of drug-likeness (QED) is 0.623. The van der Waals surface area contributed by atoms with E-state index in [4.69, 9.17) is 0 Å². The van der Waals surface area contributed by atoms with Crippen LogP contribution in [0.3, 0.4) is 0 Å². The average Bonchev–Trinajstić information content (AvgIpc) is 2.70. The summed E-state index contributed by atoms with van der Waals surface area (Å²) in [7, 11) is 0. The molecule has 0 aliphatic heterocycles. The van der Waals surface area contributed by atoms with Gasteiger partial charge in [-0.05, 0) is 25.6 Å². The molecule has 1 aromatic rings. The molecule has 0 saturated heterocycles. The number of nitrogens with one attached hydrogen (secondary N) is 2. The molecule has 5 heteroatoms. The van der Waals surface area contributed by atoms with Crippen molar-refractivity contribution >= 4 is 5.91 Å². The lowest BCUT2D eigenvalue weighted by Gasteiger charge is -2.05. The number of amides is 1. The zero-order valence-electron chi connectivity index (χ0n) is 9.07. The Balaban J connectivity index is 2.04. The number of carbonyl (C=O) groups excluding carboxylic acids is 1. The summed E-state index contributed by atoms with van der Waals surface area (Å²) in [5, 5.41) is 10.00. The summed E-state index contributed by atoms with van der Waals surface area (Å²) in [4.78, 5) is 11.4. The Morgan fingerprint density at radius 1 is 1.47 bits per heavy atom. The van der Waals surface area contributed by atoms with Crippen LogP contribution in [-0.2, 0) is 11.3 Å². The molecule has 0 unspecified atom stereocenters. The number of hydrogen-bond acceptors (Lipinski definition) is 3. The van der Waals surface area contributed by atoms with Crippen molar-refractivity contribution in [3.63, 3.8) is 0 Å². The highest BCUT2D eigenvalue weighted by Gasteiger charge is 2.00. The molecule has 0 fully saturated rings. The van der Waals surface area contributed by atoms with Gasteiger partial charge in [0.15, 0.2) is 0 Å². The third-order valence-electron chi connectivity index (χ3n) is 1.97. The van der Waals surface area contributed by atoms with Gasteiger partial charge in [0, 0.05) is 18.9 Å². The van der Waals surface area contributed by atoms with Crippen LogP contribution in [0.5, 0.6) is 0 Å². The zero-order valence-corrected chi connectivity index (χ0v) is 9.07. The third kappa shape index (κ3) is 5.17. The molecule has 0 aliphatic carbocycles. The Bertz CT molecular complexity index is 271. The Morgan fingerprint density at radius 3 is 3.00 bits per heavy atom. The Labute approximate surface area is 89.9 Å². The molecule has 0 aromatic carbocycles. The lowest BCUT2D eigenvalue weighted by atomic mass is 10.4. The fraction of sp³-hybridized carbons (Fsp3) is 0.600. The molecule has 0 aliphatic rings. The van der Waals surface area contributed by atoms with E-state index in [0.717, 1.165) is 19.5 Å². The van der Waals surface area contributed by atoms with Gasteiger partial charge in [-0.25, -0.2) is 0 Å². The summed E-state index contributed by atoms with van der Waals surface area (Å²) < 4.78 is 1.61. The van der Waals surface area contributed by atoms with Crippen LogP contribution in [0.25, 0.3) is 0 Å². The van der Waals surface area contributed by atoms with Crippen LogP contribution >= 0.6 is 0 Å². The monoisotopic (exact) mass is 210 g/mol. The molecule has 1 heterocycles. The maximum absolute atomic E-state index is 11.4. The topological polar surface area (TPSA) is 58.9 Å². The first-order valence-corrected chi connectivity index (χ1v) is 5.27. The molecule has 0 atom stereocenters. The molecule has 0 spiro atoms. The lowest BCUT2D eigenvalue weighted by molar-refractivity contribution is -0.121. The number of rotatable bonds is 7. The van der Waals surface area contributed by atoms with E-state index in [9.17, 15) is 4.79 Å². The molecule has 15 heavy (non-hydrogen) atoms. The van der Waals surface area contributed by atoms with Gasteiger partial charge < -0.3 is 10.6 Å². The van der Waals surface area contributed by atoms with Crippen molar-refractivity contribution < 1.29 is 4.79 Å². The van der Waals surface area contributed by atoms with Crippen LogP contribution in [0.1, 0.15) is 13.3 Å². The van der Waals surface area contributed by atoms with E-state index in [2.05, 4.69) is 22.7 Å². The summed E-state index contributed by atoms with van der Waals surface area (Å²) in [6, 6.07) is 1.80. The SMILES string of the molecule is CCNCCCNC(=O)Cn1cccn1. The first kappa shape index (κ1) is 11.7. The van der Waals surface area contributed by atoms with Crippen LogP contribution < -0.4 is 10.6 Å². The molecule has 1 rings (SSSR count). The fourth-order valence-corrected chi connectivity index (χ4v) is 1.21. The second-order valence-corrected chi connectivity index (χ2v) is 3.26. The van der Waals surface area contributed by atoms with E-state index >= 15 is 0 Å². The number of carbonyl (C=O) groups is 1. The number of nitrogens with zero attached hydrogens (tertiary/aromatic N) is 2. The molecule has 1 amide bonds. The highest BCUT2D eigenvalue weighted by molar-refractivity contribution is 5.75. The van der Waals surface area contributed by atoms with Gasteiger partial charge in [-0.2, -0.15) is 5.10 Å². The van der Waals surface area contributed by atoms with E-state index in [1.54, 1.807) is 23.1 Å². The minimum absolute atomic E-state index is 0.00944. The van der Waals surface area contributed by atoms with Crippen molar-refractivity contribution in [3.05, 3.63) is 18.5 Å². The van der Waals surface area contributed by atoms with Gasteiger partial charge in [-0.3, -0.25) is 9.48 Å². The Kier molecular flexibility index (Phi) is 5.47. The Morgan fingerprint density at radius 2 is 2.33 bits per heavy atom. The van der Waals surface area contributed by atoms with Gasteiger partial charge in [-0.1, -0.05) is 6.92 Å². The molecule has 2 N–H and O–H groups in total. The number of aromatic nitrogens is 2. The van der Waals surface area contributed by atoms with Gasteiger partial charge in [0.2, 0.25) is 5.91 Å². The molecule has 84 valence electrons. The summed E-state index contributed by atoms with van der Waals surface area (Å²) >= 11 is 0. The minimum Gasteiger partial charge on any atom is -0.354 e. The predicted molar refractivity (Wildman–Crippen MR) is 58.4 cm³/mol. The van der Waals surface area contributed by atoms with Crippen molar-refractivity contribution in [1.82, 2.24) is 20.4 Å². The molecule has 5 nitrogen and oxygen atoms in total. The van der Waals surface area contributed by atoms with Crippen LogP contribution in [0, 0.1) is 0 Å². The summed E-state index contributed by atoms with van der Waals surface area (Å²) in [5.41, 5.74) is 0. The third-order valence-corrected chi connectivity index (χ3v) is 1.97. The molecular formula is C10H18N4O. The molecular weight excluding hydrogens is 192 g/mol. The van der Waals surface area contributed by atoms with E-state index in [-0.39, 0.29) is 5.91 Å². The van der Waals surface area contributed by atoms with Crippen LogP contribution in [0.4, 0.5) is 0 Å². The van der Waals surface area contributed by atoms with Crippen molar-refractivity contribution in [3.8, 4) is 0 Å². The standard InChI is InChI=1S/C10H18N4O/c1-2-11-5-3-6-12-10(15)9-14-8-4-7-13-14/h4,7-8,11H,2-3,5-6,9H2,1H3,(H,12,15). The van der Waals surface area contributed by atoms with Gasteiger partial charge in [0.25, 0.3) is 0 Å². The molecule has 0 radical (unpaired) electrons. The molecule has 1 aromatic heterocycles. The van der Waals surface area contributed by atoms with E-state index in [1.165, 1.54) is 0 Å². The smallest absolute Gasteiger partial charge is 0.241 e. The highest BCUT2D eigenvalue weighted by atomic mass is 16.2. The van der Waals surface area contributed by atoms with Crippen LogP contribution in [0.15, 0.2) is 18.5 Å². The highest BCUT2D eigenvalue weighted by Crippen LogP contribution is 1.84. The summed E-state index contributed by atoms with van der Waals surface area (Å²) in [6.45, 7) is 5.00. The first-order valence-electron chi connectivity index (χ1n) is 5.27. The first-order chi connectivity index (χ1) is 7.33. The van der Waals surface area contributed by atoms with Gasteiger partial charge in [-0.15, -0.1) is 0 Å². The summed E-state index contributed by atoms with van der Waals surface area (Å²) in [5.74, 6) is 0.00944. The van der Waals surface area contributed by atoms with Crippen molar-refractivity contribution in [2.45, 2.75) is 19.9 Å². The van der Waals surface area contributed by atoms with Crippen molar-refractivity contribution in [2.75, 3.05) is 19.6 Å². The van der Waals surface area contributed by atoms with E-state index in [1.807, 2.05) is 0 Å². The average molecular weight is 210 g/mol. The van der Waals surface area contributed by atoms with Crippen LogP contribution in [0.2, 0.25) is 0 Å². The second-order valence-electron chi connectivity index (χ2n) is 3.26. The largest absolute Gasteiger partial charge is 0.354 e. The van der Waals surface area contributed by atoms with Crippen LogP contribution in [-0.4, -0.2) is 35.3 Å². The van der Waals surface area contributed by atoms with Gasteiger partial charge in [0.05, 0.1) is 0 Å². The second kappa shape index (κ2) is 7.00. The maximum atomic E-state index is 11.4. The van der Waals surface area contributed by atoms with Crippen molar-refractivity contribution in [1.29, 1.82) is 0 Å². The predicted octanol–water partition coefficient (Wildman–Crippen LogP) is -0.00110.